The lowest BCUT2D eigenvalue weighted by molar-refractivity contribution is -0.121. The van der Waals surface area contributed by atoms with Crippen LogP contribution in [0, 0.1) is 35.5 Å². The molecule has 0 unspecified atom stereocenters. The van der Waals surface area contributed by atoms with Gasteiger partial charge in [0.2, 0.25) is 0 Å². The lowest BCUT2D eigenvalue weighted by Crippen LogP contribution is -2.05. The van der Waals surface area contributed by atoms with Gasteiger partial charge in [0.1, 0.15) is 5.78 Å². The number of hydrogen-bond donors (Lipinski definition) is 0. The molecule has 0 radical (unpaired) electrons. The molecule has 0 heterocycles. The molecule has 1 nitrogen and oxygen atoms in total. The van der Waals surface area contributed by atoms with E-state index in [1.54, 1.807) is 0 Å². The first kappa shape index (κ1) is 5.34. The fourth-order valence-corrected chi connectivity index (χ4v) is 3.53. The van der Waals surface area contributed by atoms with Gasteiger partial charge in [0.15, 0.2) is 0 Å². The first-order valence-electron chi connectivity index (χ1n) is 4.90. The molecule has 4 rings (SSSR count). The van der Waals surface area contributed by atoms with Crippen molar-refractivity contribution in [2.24, 2.45) is 35.5 Å². The van der Waals surface area contributed by atoms with Crippen LogP contribution in [-0.2, 0) is 4.79 Å². The van der Waals surface area contributed by atoms with Gasteiger partial charge in [-0.05, 0) is 42.9 Å². The van der Waals surface area contributed by atoms with E-state index in [9.17, 15) is 4.79 Å². The van der Waals surface area contributed by atoms with Crippen molar-refractivity contribution in [3.8, 4) is 0 Å². The third-order valence-electron chi connectivity index (χ3n) is 4.40. The smallest absolute Gasteiger partial charge is 0.139 e. The lowest BCUT2D eigenvalue weighted by Gasteiger charge is -1.92. The normalized spacial score (nSPS) is 68.9. The van der Waals surface area contributed by atoms with Crippen molar-refractivity contribution in [3.05, 3.63) is 0 Å². The van der Waals surface area contributed by atoms with Gasteiger partial charge in [-0.2, -0.15) is 0 Å². The molecule has 4 aliphatic rings. The Morgan fingerprint density at radius 1 is 0.818 bits per heavy atom. The number of carbonyl (C=O) groups excluding carboxylic acids is 1. The summed E-state index contributed by atoms with van der Waals surface area (Å²) in [6.45, 7) is 0. The zero-order valence-corrected chi connectivity index (χ0v) is 6.49. The SMILES string of the molecule is O=C1[C@H]2C[C@@H]2[C@H]2C[C@H]2[C@@H]2C[C@H]12. The minimum absolute atomic E-state index is 0.558. The van der Waals surface area contributed by atoms with Crippen LogP contribution in [0.2, 0.25) is 0 Å². The Balaban J connectivity index is 1.77. The highest BCUT2D eigenvalue weighted by Gasteiger charge is 2.68. The summed E-state index contributed by atoms with van der Waals surface area (Å²) < 4.78 is 0. The highest BCUT2D eigenvalue weighted by atomic mass is 16.1. The maximum absolute atomic E-state index is 11.6. The Hall–Kier alpha value is -0.330. The molecule has 0 N–H and O–H groups in total. The van der Waals surface area contributed by atoms with E-state index in [4.69, 9.17) is 0 Å². The number of Topliss-reactive ketones (excluding diaryl/α,β-unsaturated/α-hetero) is 1. The molecule has 0 aromatic rings. The van der Waals surface area contributed by atoms with E-state index >= 15 is 0 Å². The van der Waals surface area contributed by atoms with Crippen molar-refractivity contribution in [3.63, 3.8) is 0 Å². The van der Waals surface area contributed by atoms with Crippen molar-refractivity contribution < 1.29 is 4.79 Å². The Labute approximate surface area is 66.2 Å². The predicted molar refractivity (Wildman–Crippen MR) is 39.8 cm³/mol. The van der Waals surface area contributed by atoms with E-state index < -0.39 is 0 Å². The zero-order chi connectivity index (χ0) is 7.16. The summed E-state index contributed by atoms with van der Waals surface area (Å²) in [6.07, 6.45) is 4.02. The molecule has 0 aromatic heterocycles. The van der Waals surface area contributed by atoms with Gasteiger partial charge in [0.05, 0.1) is 0 Å². The quantitative estimate of drug-likeness (QED) is 0.508. The van der Waals surface area contributed by atoms with E-state index in [2.05, 4.69) is 0 Å². The van der Waals surface area contributed by atoms with Crippen LogP contribution in [0.1, 0.15) is 19.3 Å². The fourth-order valence-electron chi connectivity index (χ4n) is 3.53. The third-order valence-corrected chi connectivity index (χ3v) is 4.40. The second-order valence-corrected chi connectivity index (χ2v) is 4.98. The Kier molecular flexibility index (Phi) is 0.630. The van der Waals surface area contributed by atoms with E-state index in [0.29, 0.717) is 17.6 Å². The largest absolute Gasteiger partial charge is 0.299 e. The van der Waals surface area contributed by atoms with Crippen LogP contribution in [0.4, 0.5) is 0 Å². The predicted octanol–water partition coefficient (Wildman–Crippen LogP) is 1.48. The number of hydrogen-bond acceptors (Lipinski definition) is 1. The molecule has 0 bridgehead atoms. The molecule has 0 amide bonds. The first-order chi connectivity index (χ1) is 5.36. The Morgan fingerprint density at radius 3 is 1.91 bits per heavy atom. The highest BCUT2D eigenvalue weighted by Crippen LogP contribution is 2.71. The van der Waals surface area contributed by atoms with E-state index in [1.807, 2.05) is 0 Å². The summed E-state index contributed by atoms with van der Waals surface area (Å²) >= 11 is 0. The van der Waals surface area contributed by atoms with Crippen LogP contribution < -0.4 is 0 Å². The first-order valence-corrected chi connectivity index (χ1v) is 4.90. The average molecular weight is 148 g/mol. The number of fused-ring (bicyclic) bond motifs is 5. The van der Waals surface area contributed by atoms with Gasteiger partial charge in [0, 0.05) is 11.8 Å². The molecular formula is C10H12O. The average Bonchev–Trinajstić information content (AvgIpc) is 2.81. The van der Waals surface area contributed by atoms with Crippen LogP contribution in [0.5, 0.6) is 0 Å². The van der Waals surface area contributed by atoms with Gasteiger partial charge in [-0.3, -0.25) is 4.79 Å². The number of ketones is 1. The van der Waals surface area contributed by atoms with Gasteiger partial charge >= 0.3 is 0 Å². The van der Waals surface area contributed by atoms with Crippen LogP contribution >= 0.6 is 0 Å². The second-order valence-electron chi connectivity index (χ2n) is 4.98. The van der Waals surface area contributed by atoms with E-state index in [1.165, 1.54) is 19.3 Å². The topological polar surface area (TPSA) is 17.1 Å². The van der Waals surface area contributed by atoms with Gasteiger partial charge in [-0.15, -0.1) is 0 Å². The van der Waals surface area contributed by atoms with Crippen molar-refractivity contribution in [2.45, 2.75) is 19.3 Å². The third kappa shape index (κ3) is 0.502. The number of rotatable bonds is 0. The molecule has 6 atom stereocenters. The second kappa shape index (κ2) is 1.30. The van der Waals surface area contributed by atoms with Crippen molar-refractivity contribution >= 4 is 5.78 Å². The van der Waals surface area contributed by atoms with Crippen molar-refractivity contribution in [1.29, 1.82) is 0 Å². The number of carbonyl (C=O) groups is 1. The molecular weight excluding hydrogens is 136 g/mol. The molecule has 4 saturated carbocycles. The van der Waals surface area contributed by atoms with Gasteiger partial charge in [0.25, 0.3) is 0 Å². The summed E-state index contributed by atoms with van der Waals surface area (Å²) in [5.41, 5.74) is 0. The van der Waals surface area contributed by atoms with Gasteiger partial charge in [-0.1, -0.05) is 0 Å². The van der Waals surface area contributed by atoms with Crippen LogP contribution in [-0.4, -0.2) is 5.78 Å². The minimum Gasteiger partial charge on any atom is -0.299 e. The summed E-state index contributed by atoms with van der Waals surface area (Å²) in [5.74, 6) is 5.56. The fraction of sp³-hybridized carbons (Fsp3) is 0.900. The van der Waals surface area contributed by atoms with Crippen LogP contribution in [0.3, 0.4) is 0 Å². The maximum Gasteiger partial charge on any atom is 0.139 e. The van der Waals surface area contributed by atoms with E-state index in [0.717, 1.165) is 23.7 Å². The summed E-state index contributed by atoms with van der Waals surface area (Å²) in [4.78, 5) is 11.6. The summed E-state index contributed by atoms with van der Waals surface area (Å²) in [6, 6.07) is 0. The zero-order valence-electron chi connectivity index (χ0n) is 6.49. The minimum atomic E-state index is 0.558. The summed E-state index contributed by atoms with van der Waals surface area (Å²) in [7, 11) is 0. The monoisotopic (exact) mass is 148 g/mol. The molecule has 4 fully saturated rings. The van der Waals surface area contributed by atoms with E-state index in [-0.39, 0.29) is 0 Å². The molecule has 0 spiro atoms. The molecule has 58 valence electrons. The molecule has 1 heteroatoms. The molecule has 11 heavy (non-hydrogen) atoms. The molecule has 0 aromatic carbocycles. The maximum atomic E-state index is 11.6. The standard InChI is InChI=1S/C10H12O/c11-10-8-2-6(8)4-1-5(4)7-3-9(7)10/h4-9H,1-3H2/t4-,5+,6+,7-,8-,9-/m0/s1. The molecule has 0 saturated heterocycles. The highest BCUT2D eigenvalue weighted by molar-refractivity contribution is 5.89. The van der Waals surface area contributed by atoms with Crippen molar-refractivity contribution in [2.75, 3.05) is 0 Å². The Bertz CT molecular complexity index is 234. The molecule has 4 aliphatic carbocycles. The lowest BCUT2D eigenvalue weighted by atomic mass is 10.1. The van der Waals surface area contributed by atoms with Crippen LogP contribution in [0.25, 0.3) is 0 Å². The van der Waals surface area contributed by atoms with Crippen LogP contribution in [0.15, 0.2) is 0 Å². The van der Waals surface area contributed by atoms with Gasteiger partial charge in [-0.25, -0.2) is 0 Å². The molecule has 0 aliphatic heterocycles. The summed E-state index contributed by atoms with van der Waals surface area (Å²) in [5, 5.41) is 0. The van der Waals surface area contributed by atoms with Gasteiger partial charge < -0.3 is 0 Å². The Morgan fingerprint density at radius 2 is 1.36 bits per heavy atom. The van der Waals surface area contributed by atoms with Crippen molar-refractivity contribution in [1.82, 2.24) is 0 Å².